The Kier molecular flexibility index (Phi) is 7.44. The molecule has 0 fully saturated rings. The van der Waals surface area contributed by atoms with E-state index in [1.54, 1.807) is 24.3 Å². The summed E-state index contributed by atoms with van der Waals surface area (Å²) in [6.07, 6.45) is 1.06. The van der Waals surface area contributed by atoms with Gasteiger partial charge < -0.3 is 24.3 Å². The van der Waals surface area contributed by atoms with Crippen molar-refractivity contribution >= 4 is 15.9 Å². The topological polar surface area (TPSA) is 103 Å². The molecule has 3 aliphatic heterocycles. The maximum absolute atomic E-state index is 14.1. The van der Waals surface area contributed by atoms with E-state index in [1.807, 2.05) is 30.3 Å². The molecule has 1 N–H and O–H groups in total. The molecular formula is C28H30N2O7S. The third-order valence-electron chi connectivity index (χ3n) is 6.70. The van der Waals surface area contributed by atoms with Crippen LogP contribution in [0.25, 0.3) is 0 Å². The molecule has 1 amide bonds. The van der Waals surface area contributed by atoms with E-state index in [0.717, 1.165) is 16.7 Å². The van der Waals surface area contributed by atoms with Gasteiger partial charge in [-0.1, -0.05) is 18.2 Å². The Hall–Kier alpha value is -3.76. The molecule has 10 heteroatoms. The number of amides is 1. The van der Waals surface area contributed by atoms with E-state index >= 15 is 0 Å². The molecule has 3 aliphatic rings. The monoisotopic (exact) mass is 538 g/mol. The molecule has 1 atom stereocenters. The highest BCUT2D eigenvalue weighted by Crippen LogP contribution is 2.44. The molecular weight excluding hydrogens is 508 g/mol. The van der Waals surface area contributed by atoms with Crippen molar-refractivity contribution in [3.8, 4) is 23.0 Å². The van der Waals surface area contributed by atoms with E-state index in [9.17, 15) is 13.2 Å². The van der Waals surface area contributed by atoms with Crippen LogP contribution in [0.4, 0.5) is 0 Å². The summed E-state index contributed by atoms with van der Waals surface area (Å²) in [6, 6.07) is 17.0. The molecule has 0 aliphatic carbocycles. The van der Waals surface area contributed by atoms with Crippen LogP contribution in [0.5, 0.6) is 23.0 Å². The lowest BCUT2D eigenvalue weighted by Gasteiger charge is -2.37. The van der Waals surface area contributed by atoms with Gasteiger partial charge in [0.05, 0.1) is 31.8 Å². The average Bonchev–Trinajstić information content (AvgIpc) is 2.94. The first-order chi connectivity index (χ1) is 18.4. The largest absolute Gasteiger partial charge is 0.497 e. The Labute approximate surface area is 222 Å². The van der Waals surface area contributed by atoms with Gasteiger partial charge in [0.1, 0.15) is 11.5 Å². The van der Waals surface area contributed by atoms with E-state index in [4.69, 9.17) is 18.9 Å². The minimum atomic E-state index is -3.92. The van der Waals surface area contributed by atoms with Gasteiger partial charge in [-0.05, 0) is 65.9 Å². The van der Waals surface area contributed by atoms with Gasteiger partial charge in [-0.3, -0.25) is 4.79 Å². The molecule has 38 heavy (non-hydrogen) atoms. The van der Waals surface area contributed by atoms with Crippen molar-refractivity contribution in [1.82, 2.24) is 9.62 Å². The summed E-state index contributed by atoms with van der Waals surface area (Å²) in [5.74, 6) is 1.70. The van der Waals surface area contributed by atoms with Crippen molar-refractivity contribution in [3.05, 3.63) is 77.4 Å². The Morgan fingerprint density at radius 3 is 2.66 bits per heavy atom. The third kappa shape index (κ3) is 5.14. The number of carbonyl (C=O) groups excluding carboxylic acids is 1. The maximum Gasteiger partial charge on any atom is 0.257 e. The SMILES string of the molecule is COc1cccc(S(=O)(=O)N2CCc3cc4c(OC)cc3C2c2cccc(c2)OCCCNC(=O)CO4)c1. The fourth-order valence-corrected chi connectivity index (χ4v) is 6.47. The number of benzene rings is 3. The molecule has 3 heterocycles. The number of carbonyl (C=O) groups is 1. The first-order valence-electron chi connectivity index (χ1n) is 12.4. The summed E-state index contributed by atoms with van der Waals surface area (Å²) in [4.78, 5) is 12.4. The van der Waals surface area contributed by atoms with E-state index < -0.39 is 16.1 Å². The van der Waals surface area contributed by atoms with Crippen LogP contribution < -0.4 is 24.3 Å². The van der Waals surface area contributed by atoms with Crippen LogP contribution in [0, 0.1) is 0 Å². The predicted molar refractivity (Wildman–Crippen MR) is 140 cm³/mol. The normalized spacial score (nSPS) is 18.2. The van der Waals surface area contributed by atoms with Gasteiger partial charge in [-0.25, -0.2) is 8.42 Å². The van der Waals surface area contributed by atoms with E-state index in [0.29, 0.717) is 49.0 Å². The van der Waals surface area contributed by atoms with E-state index in [2.05, 4.69) is 5.32 Å². The number of rotatable bonds is 4. The lowest BCUT2D eigenvalue weighted by molar-refractivity contribution is -0.123. The zero-order valence-corrected chi connectivity index (χ0v) is 22.1. The van der Waals surface area contributed by atoms with Crippen LogP contribution in [-0.2, 0) is 21.2 Å². The van der Waals surface area contributed by atoms with Crippen molar-refractivity contribution in [3.63, 3.8) is 0 Å². The number of nitrogens with zero attached hydrogens (tertiary/aromatic N) is 1. The molecule has 1 unspecified atom stereocenters. The molecule has 9 nitrogen and oxygen atoms in total. The summed E-state index contributed by atoms with van der Waals surface area (Å²) >= 11 is 0. The number of hydrogen-bond donors (Lipinski definition) is 1. The Bertz CT molecular complexity index is 1440. The van der Waals surface area contributed by atoms with Gasteiger partial charge in [0.15, 0.2) is 18.1 Å². The molecule has 0 saturated carbocycles. The van der Waals surface area contributed by atoms with Crippen LogP contribution in [0.3, 0.4) is 0 Å². The third-order valence-corrected chi connectivity index (χ3v) is 8.56. The number of methoxy groups -OCH3 is 2. The molecule has 3 aromatic carbocycles. The van der Waals surface area contributed by atoms with Crippen LogP contribution in [-0.4, -0.2) is 59.2 Å². The molecule has 0 aromatic heterocycles. The summed E-state index contributed by atoms with van der Waals surface area (Å²) in [7, 11) is -0.895. The van der Waals surface area contributed by atoms with Gasteiger partial charge in [0.25, 0.3) is 5.91 Å². The van der Waals surface area contributed by atoms with Crippen molar-refractivity contribution in [2.24, 2.45) is 0 Å². The number of fused-ring (bicyclic) bond motifs is 8. The maximum atomic E-state index is 14.1. The van der Waals surface area contributed by atoms with Gasteiger partial charge >= 0.3 is 0 Å². The van der Waals surface area contributed by atoms with Crippen molar-refractivity contribution in [2.75, 3.05) is 40.5 Å². The standard InChI is InChI=1S/C28H30N2O7S/c1-34-21-7-4-9-23(16-21)38(32,33)30-12-10-19-15-26-25(35-2)17-24(19)28(30)20-6-3-8-22(14-20)36-13-5-11-29-27(31)18-37-26/h3-4,6-9,14-17,28H,5,10-13,18H2,1-2H3,(H,29,31). The fourth-order valence-electron chi connectivity index (χ4n) is 4.84. The molecule has 6 rings (SSSR count). The predicted octanol–water partition coefficient (Wildman–Crippen LogP) is 3.32. The Morgan fingerprint density at radius 2 is 1.84 bits per heavy atom. The lowest BCUT2D eigenvalue weighted by Crippen LogP contribution is -2.40. The van der Waals surface area contributed by atoms with Crippen molar-refractivity contribution < 1.29 is 32.2 Å². The zero-order chi connectivity index (χ0) is 26.7. The number of sulfonamides is 1. The quantitative estimate of drug-likeness (QED) is 0.544. The molecule has 0 spiro atoms. The van der Waals surface area contributed by atoms with Gasteiger partial charge in [-0.2, -0.15) is 4.31 Å². The zero-order valence-electron chi connectivity index (χ0n) is 21.3. The van der Waals surface area contributed by atoms with E-state index in [-0.39, 0.29) is 24.0 Å². The molecule has 0 radical (unpaired) electrons. The van der Waals surface area contributed by atoms with Crippen molar-refractivity contribution in [1.29, 1.82) is 0 Å². The van der Waals surface area contributed by atoms with Gasteiger partial charge in [0.2, 0.25) is 10.0 Å². The second-order valence-electron chi connectivity index (χ2n) is 9.06. The molecule has 6 bridgehead atoms. The highest BCUT2D eigenvalue weighted by Gasteiger charge is 2.38. The first-order valence-corrected chi connectivity index (χ1v) is 13.8. The summed E-state index contributed by atoms with van der Waals surface area (Å²) in [6.45, 7) is 0.926. The number of nitrogens with one attached hydrogen (secondary N) is 1. The highest BCUT2D eigenvalue weighted by atomic mass is 32.2. The molecule has 0 saturated heterocycles. The van der Waals surface area contributed by atoms with Crippen LogP contribution in [0.2, 0.25) is 0 Å². The minimum absolute atomic E-state index is 0.151. The van der Waals surface area contributed by atoms with Crippen LogP contribution in [0.15, 0.2) is 65.6 Å². The lowest BCUT2D eigenvalue weighted by atomic mass is 9.89. The molecule has 200 valence electrons. The van der Waals surface area contributed by atoms with Gasteiger partial charge in [0, 0.05) is 19.2 Å². The Morgan fingerprint density at radius 1 is 1.00 bits per heavy atom. The first kappa shape index (κ1) is 25.9. The van der Waals surface area contributed by atoms with Crippen LogP contribution in [0.1, 0.15) is 29.2 Å². The minimum Gasteiger partial charge on any atom is -0.497 e. The number of ether oxygens (including phenoxy) is 4. The second kappa shape index (κ2) is 10.9. The van der Waals surface area contributed by atoms with Gasteiger partial charge in [-0.15, -0.1) is 0 Å². The summed E-state index contributed by atoms with van der Waals surface area (Å²) in [5, 5.41) is 2.83. The fraction of sp³-hybridized carbons (Fsp3) is 0.321. The second-order valence-corrected chi connectivity index (χ2v) is 11.0. The summed E-state index contributed by atoms with van der Waals surface area (Å²) < 4.78 is 52.3. The van der Waals surface area contributed by atoms with Crippen molar-refractivity contribution in [2.45, 2.75) is 23.8 Å². The van der Waals surface area contributed by atoms with E-state index in [1.165, 1.54) is 24.6 Å². The average molecular weight is 539 g/mol. The Balaban J connectivity index is 1.67. The molecule has 3 aromatic rings. The smallest absolute Gasteiger partial charge is 0.257 e. The van der Waals surface area contributed by atoms with Crippen LogP contribution >= 0.6 is 0 Å². The number of hydrogen-bond acceptors (Lipinski definition) is 7. The highest BCUT2D eigenvalue weighted by molar-refractivity contribution is 7.89. The summed E-state index contributed by atoms with van der Waals surface area (Å²) in [5.41, 5.74) is 2.47.